The molecule has 1 saturated heterocycles. The van der Waals surface area contributed by atoms with Gasteiger partial charge in [0.2, 0.25) is 10.0 Å². The fraction of sp³-hybridized carbons (Fsp3) is 0.500. The van der Waals surface area contributed by atoms with E-state index in [1.807, 2.05) is 0 Å². The molecule has 1 aromatic carbocycles. The molecule has 1 saturated carbocycles. The topological polar surface area (TPSA) is 57.6 Å². The van der Waals surface area contributed by atoms with Gasteiger partial charge in [0.15, 0.2) is 0 Å². The van der Waals surface area contributed by atoms with Crippen molar-refractivity contribution < 1.29 is 13.5 Å². The smallest absolute Gasteiger partial charge is 0.243 e. The van der Waals surface area contributed by atoms with E-state index in [1.165, 1.54) is 24.3 Å². The summed E-state index contributed by atoms with van der Waals surface area (Å²) < 4.78 is 26.4. The molecule has 4 nitrogen and oxygen atoms in total. The van der Waals surface area contributed by atoms with E-state index in [1.54, 1.807) is 4.31 Å². The van der Waals surface area contributed by atoms with Gasteiger partial charge in [-0.3, -0.25) is 0 Å². The van der Waals surface area contributed by atoms with Crippen molar-refractivity contribution in [2.75, 3.05) is 6.54 Å². The molecular formula is C12H15NO3S. The quantitative estimate of drug-likeness (QED) is 0.870. The van der Waals surface area contributed by atoms with Crippen LogP contribution in [-0.4, -0.2) is 30.4 Å². The van der Waals surface area contributed by atoms with Crippen LogP contribution in [0.4, 0.5) is 0 Å². The molecule has 0 spiro atoms. The van der Waals surface area contributed by atoms with Gasteiger partial charge < -0.3 is 5.11 Å². The third-order valence-electron chi connectivity index (χ3n) is 3.80. The van der Waals surface area contributed by atoms with Gasteiger partial charge >= 0.3 is 0 Å². The molecule has 3 rings (SSSR count). The third-order valence-corrected chi connectivity index (χ3v) is 5.73. The first-order valence-electron chi connectivity index (χ1n) is 5.88. The number of phenolic OH excluding ortho intramolecular Hbond substituents is 1. The molecule has 92 valence electrons. The molecule has 2 fully saturated rings. The molecule has 2 bridgehead atoms. The van der Waals surface area contributed by atoms with Crippen LogP contribution in [0.15, 0.2) is 29.2 Å². The van der Waals surface area contributed by atoms with Gasteiger partial charge in [-0.25, -0.2) is 8.42 Å². The van der Waals surface area contributed by atoms with Crippen LogP contribution in [-0.2, 0) is 10.0 Å². The Kier molecular flexibility index (Phi) is 2.41. The standard InChI is InChI=1S/C12H15NO3S/c14-11-3-5-12(6-4-11)17(15,16)13-8-9-1-2-10(13)7-9/h3-6,9-10,14H,1-2,7-8H2. The van der Waals surface area contributed by atoms with E-state index < -0.39 is 10.0 Å². The van der Waals surface area contributed by atoms with Crippen LogP contribution in [0.1, 0.15) is 19.3 Å². The number of piperidine rings is 1. The molecule has 5 heteroatoms. The largest absolute Gasteiger partial charge is 0.508 e. The SMILES string of the molecule is O=S(=O)(c1ccc(O)cc1)N1CC2CCC1C2. The lowest BCUT2D eigenvalue weighted by Gasteiger charge is -2.26. The fourth-order valence-electron chi connectivity index (χ4n) is 2.93. The molecule has 1 N–H and O–H groups in total. The highest BCUT2D eigenvalue weighted by molar-refractivity contribution is 7.89. The lowest BCUT2D eigenvalue weighted by Crippen LogP contribution is -2.37. The average molecular weight is 253 g/mol. The van der Waals surface area contributed by atoms with E-state index in [0.717, 1.165) is 19.3 Å². The summed E-state index contributed by atoms with van der Waals surface area (Å²) >= 11 is 0. The Labute approximate surface area is 101 Å². The Morgan fingerprint density at radius 3 is 2.41 bits per heavy atom. The van der Waals surface area contributed by atoms with Crippen molar-refractivity contribution in [1.29, 1.82) is 0 Å². The van der Waals surface area contributed by atoms with Crippen LogP contribution in [0.25, 0.3) is 0 Å². The van der Waals surface area contributed by atoms with Gasteiger partial charge in [-0.15, -0.1) is 0 Å². The summed E-state index contributed by atoms with van der Waals surface area (Å²) in [6.07, 6.45) is 3.16. The minimum atomic E-state index is -3.36. The van der Waals surface area contributed by atoms with Crippen LogP contribution in [0.5, 0.6) is 5.75 Å². The molecule has 2 atom stereocenters. The maximum absolute atomic E-state index is 12.4. The summed E-state index contributed by atoms with van der Waals surface area (Å²) in [4.78, 5) is 0.280. The predicted octanol–water partition coefficient (Wildman–Crippen LogP) is 1.57. The van der Waals surface area contributed by atoms with E-state index in [-0.39, 0.29) is 16.7 Å². The Morgan fingerprint density at radius 2 is 1.88 bits per heavy atom. The van der Waals surface area contributed by atoms with Crippen molar-refractivity contribution in [1.82, 2.24) is 4.31 Å². The van der Waals surface area contributed by atoms with Crippen LogP contribution in [0.2, 0.25) is 0 Å². The van der Waals surface area contributed by atoms with Gasteiger partial charge in [-0.2, -0.15) is 4.31 Å². The maximum atomic E-state index is 12.4. The number of aromatic hydroxyl groups is 1. The first-order valence-corrected chi connectivity index (χ1v) is 7.32. The minimum Gasteiger partial charge on any atom is -0.508 e. The van der Waals surface area contributed by atoms with Gasteiger partial charge in [0.1, 0.15) is 5.75 Å². The van der Waals surface area contributed by atoms with E-state index in [4.69, 9.17) is 0 Å². The number of fused-ring (bicyclic) bond motifs is 2. The zero-order valence-electron chi connectivity index (χ0n) is 9.41. The molecule has 0 amide bonds. The average Bonchev–Trinajstić information content (AvgIpc) is 2.91. The summed E-state index contributed by atoms with van der Waals surface area (Å²) in [6, 6.07) is 5.97. The monoisotopic (exact) mass is 253 g/mol. The fourth-order valence-corrected chi connectivity index (χ4v) is 4.67. The Balaban J connectivity index is 1.93. The molecule has 17 heavy (non-hydrogen) atoms. The first kappa shape index (κ1) is 11.0. The number of phenols is 1. The lowest BCUT2D eigenvalue weighted by molar-refractivity contribution is 0.333. The van der Waals surface area contributed by atoms with Crippen LogP contribution < -0.4 is 0 Å². The molecule has 1 aliphatic heterocycles. The maximum Gasteiger partial charge on any atom is 0.243 e. The van der Waals surface area contributed by atoms with Gasteiger partial charge in [0.05, 0.1) is 4.90 Å². The first-order chi connectivity index (χ1) is 8.07. The number of rotatable bonds is 2. The lowest BCUT2D eigenvalue weighted by atomic mass is 10.1. The van der Waals surface area contributed by atoms with Gasteiger partial charge in [0.25, 0.3) is 0 Å². The summed E-state index contributed by atoms with van der Waals surface area (Å²) in [6.45, 7) is 0.661. The van der Waals surface area contributed by atoms with Crippen molar-refractivity contribution in [3.05, 3.63) is 24.3 Å². The van der Waals surface area contributed by atoms with Crippen molar-refractivity contribution >= 4 is 10.0 Å². The van der Waals surface area contributed by atoms with E-state index in [2.05, 4.69) is 0 Å². The van der Waals surface area contributed by atoms with Crippen LogP contribution >= 0.6 is 0 Å². The second-order valence-electron chi connectivity index (χ2n) is 4.90. The molecule has 2 unspecified atom stereocenters. The number of hydrogen-bond donors (Lipinski definition) is 1. The second kappa shape index (κ2) is 3.71. The predicted molar refractivity (Wildman–Crippen MR) is 63.1 cm³/mol. The van der Waals surface area contributed by atoms with E-state index in [9.17, 15) is 13.5 Å². The van der Waals surface area contributed by atoms with E-state index in [0.29, 0.717) is 12.5 Å². The molecule has 1 heterocycles. The summed E-state index contributed by atoms with van der Waals surface area (Å²) in [7, 11) is -3.36. The van der Waals surface area contributed by atoms with Crippen LogP contribution in [0.3, 0.4) is 0 Å². The van der Waals surface area contributed by atoms with Crippen molar-refractivity contribution in [3.63, 3.8) is 0 Å². The zero-order valence-corrected chi connectivity index (χ0v) is 10.2. The highest BCUT2D eigenvalue weighted by atomic mass is 32.2. The molecule has 0 radical (unpaired) electrons. The number of hydrogen-bond acceptors (Lipinski definition) is 3. The van der Waals surface area contributed by atoms with E-state index >= 15 is 0 Å². The second-order valence-corrected chi connectivity index (χ2v) is 6.79. The zero-order chi connectivity index (χ0) is 12.0. The third kappa shape index (κ3) is 1.73. The molecule has 0 aromatic heterocycles. The van der Waals surface area contributed by atoms with Crippen LogP contribution in [0, 0.1) is 5.92 Å². The summed E-state index contributed by atoms with van der Waals surface area (Å²) in [5.41, 5.74) is 0. The highest BCUT2D eigenvalue weighted by Crippen LogP contribution is 2.40. The van der Waals surface area contributed by atoms with Gasteiger partial charge in [-0.05, 0) is 49.4 Å². The number of nitrogens with zero attached hydrogens (tertiary/aromatic N) is 1. The van der Waals surface area contributed by atoms with Gasteiger partial charge in [-0.1, -0.05) is 0 Å². The Morgan fingerprint density at radius 1 is 1.18 bits per heavy atom. The normalized spacial score (nSPS) is 28.7. The minimum absolute atomic E-state index is 0.0897. The highest BCUT2D eigenvalue weighted by Gasteiger charge is 2.44. The van der Waals surface area contributed by atoms with Crippen molar-refractivity contribution in [2.24, 2.45) is 5.92 Å². The Hall–Kier alpha value is -1.07. The van der Waals surface area contributed by atoms with Gasteiger partial charge in [0, 0.05) is 12.6 Å². The number of benzene rings is 1. The molecule has 1 aromatic rings. The summed E-state index contributed by atoms with van der Waals surface area (Å²) in [5.74, 6) is 0.638. The Bertz CT molecular complexity index is 523. The molecular weight excluding hydrogens is 238 g/mol. The van der Waals surface area contributed by atoms with Crippen molar-refractivity contribution in [2.45, 2.75) is 30.2 Å². The molecule has 2 aliphatic rings. The van der Waals surface area contributed by atoms with Crippen molar-refractivity contribution in [3.8, 4) is 5.75 Å². The summed E-state index contributed by atoms with van der Waals surface area (Å²) in [5, 5.41) is 9.18. The number of sulfonamides is 1. The molecule has 1 aliphatic carbocycles.